The van der Waals surface area contributed by atoms with Gasteiger partial charge in [-0.1, -0.05) is 38.4 Å². The van der Waals surface area contributed by atoms with Gasteiger partial charge in [0, 0.05) is 35.6 Å². The summed E-state index contributed by atoms with van der Waals surface area (Å²) in [4.78, 5) is 0. The number of fused-ring (bicyclic) bond motifs is 2. The predicted octanol–water partition coefficient (Wildman–Crippen LogP) is 5.46. The summed E-state index contributed by atoms with van der Waals surface area (Å²) in [5, 5.41) is 19.7. The van der Waals surface area contributed by atoms with Crippen molar-refractivity contribution in [3.8, 4) is 5.75 Å². The third kappa shape index (κ3) is 2.72. The van der Waals surface area contributed by atoms with Crippen LogP contribution in [0.5, 0.6) is 5.75 Å². The number of rotatable bonds is 4. The first-order chi connectivity index (χ1) is 12.5. The first-order valence-electron chi connectivity index (χ1n) is 8.68. The molecule has 6 heteroatoms. The van der Waals surface area contributed by atoms with E-state index < -0.39 is 0 Å². The zero-order valence-corrected chi connectivity index (χ0v) is 15.7. The summed E-state index contributed by atoms with van der Waals surface area (Å²) in [6, 6.07) is 9.30. The van der Waals surface area contributed by atoms with E-state index in [0.29, 0.717) is 17.0 Å². The molecule has 0 radical (unpaired) electrons. The molecule has 0 spiro atoms. The lowest BCUT2D eigenvalue weighted by Gasteiger charge is -2.14. The Morgan fingerprint density at radius 1 is 1.15 bits per heavy atom. The maximum Gasteiger partial charge on any atom is 0.139 e. The third-order valence-corrected chi connectivity index (χ3v) is 5.20. The third-order valence-electron chi connectivity index (χ3n) is 4.88. The number of benzene rings is 2. The Hall–Kier alpha value is -2.53. The topological polar surface area (TPSA) is 64.1 Å². The molecule has 26 heavy (non-hydrogen) atoms. The number of halogens is 1. The van der Waals surface area contributed by atoms with Crippen molar-refractivity contribution in [3.05, 3.63) is 52.7 Å². The summed E-state index contributed by atoms with van der Waals surface area (Å²) in [6.45, 7) is 7.18. The lowest BCUT2D eigenvalue weighted by atomic mass is 9.99. The van der Waals surface area contributed by atoms with Gasteiger partial charge in [0.05, 0.1) is 5.02 Å². The molecule has 5 nitrogen and oxygen atoms in total. The second-order valence-corrected chi connectivity index (χ2v) is 7.50. The maximum absolute atomic E-state index is 10.00. The molecule has 134 valence electrons. The second kappa shape index (κ2) is 6.32. The van der Waals surface area contributed by atoms with Crippen LogP contribution < -0.4 is 0 Å². The van der Waals surface area contributed by atoms with Gasteiger partial charge in [0.15, 0.2) is 0 Å². The largest absolute Gasteiger partial charge is 0.508 e. The van der Waals surface area contributed by atoms with Gasteiger partial charge in [0.25, 0.3) is 0 Å². The molecule has 0 bridgehead atoms. The van der Waals surface area contributed by atoms with E-state index >= 15 is 0 Å². The summed E-state index contributed by atoms with van der Waals surface area (Å²) in [5.74, 6) is 0.644. The number of aromatic hydroxyl groups is 1. The molecule has 2 heterocycles. The monoisotopic (exact) mass is 369 g/mol. The van der Waals surface area contributed by atoms with Crippen LogP contribution in [-0.4, -0.2) is 20.0 Å². The number of hydrogen-bond acceptors (Lipinski definition) is 4. The highest BCUT2D eigenvalue weighted by atomic mass is 35.5. The number of phenols is 1. The van der Waals surface area contributed by atoms with Crippen LogP contribution >= 0.6 is 11.6 Å². The van der Waals surface area contributed by atoms with Gasteiger partial charge in [0.1, 0.15) is 16.8 Å². The predicted molar refractivity (Wildman–Crippen MR) is 103 cm³/mol. The molecule has 4 rings (SSSR count). The van der Waals surface area contributed by atoms with E-state index in [-0.39, 0.29) is 11.7 Å². The lowest BCUT2D eigenvalue weighted by Crippen LogP contribution is -2.06. The quantitative estimate of drug-likeness (QED) is 0.518. The minimum absolute atomic E-state index is 0.103. The molecule has 4 aromatic rings. The molecule has 0 aliphatic rings. The Labute approximate surface area is 156 Å². The number of hydrogen-bond donors (Lipinski definition) is 1. The number of nitrogens with zero attached hydrogens (tertiary/aromatic N) is 3. The highest BCUT2D eigenvalue weighted by Gasteiger charge is 2.19. The molecule has 0 saturated heterocycles. The van der Waals surface area contributed by atoms with Crippen molar-refractivity contribution in [2.45, 2.75) is 39.2 Å². The molecule has 1 unspecified atom stereocenters. The fourth-order valence-corrected chi connectivity index (χ4v) is 3.88. The average Bonchev–Trinajstić information content (AvgIpc) is 3.19. The van der Waals surface area contributed by atoms with E-state index in [1.165, 1.54) is 5.56 Å². The summed E-state index contributed by atoms with van der Waals surface area (Å²) in [6.07, 6.45) is 2.18. The molecule has 0 aliphatic heterocycles. The van der Waals surface area contributed by atoms with Crippen molar-refractivity contribution >= 4 is 33.5 Å². The van der Waals surface area contributed by atoms with Gasteiger partial charge in [-0.25, -0.2) is 4.63 Å². The molecule has 2 aromatic carbocycles. The molecule has 0 aliphatic carbocycles. The average molecular weight is 370 g/mol. The van der Waals surface area contributed by atoms with E-state index in [1.807, 2.05) is 12.1 Å². The van der Waals surface area contributed by atoms with Crippen molar-refractivity contribution in [2.75, 3.05) is 0 Å². The molecular formula is C20H20ClN3O2. The Morgan fingerprint density at radius 2 is 1.96 bits per heavy atom. The Kier molecular flexibility index (Phi) is 4.11. The zero-order chi connectivity index (χ0) is 18.4. The lowest BCUT2D eigenvalue weighted by molar-refractivity contribution is 0.315. The van der Waals surface area contributed by atoms with Crippen molar-refractivity contribution < 1.29 is 9.74 Å². The molecule has 0 saturated carbocycles. The van der Waals surface area contributed by atoms with Crippen LogP contribution in [0, 0.1) is 0 Å². The van der Waals surface area contributed by atoms with E-state index in [1.54, 1.807) is 12.1 Å². The van der Waals surface area contributed by atoms with E-state index in [2.05, 4.69) is 47.9 Å². The molecule has 0 fully saturated rings. The Balaban J connectivity index is 1.80. The first kappa shape index (κ1) is 16.9. The molecule has 1 atom stereocenters. The fourth-order valence-electron chi connectivity index (χ4n) is 3.60. The van der Waals surface area contributed by atoms with Crippen LogP contribution in [-0.2, 0) is 6.54 Å². The van der Waals surface area contributed by atoms with Crippen LogP contribution in [0.1, 0.15) is 43.7 Å². The minimum Gasteiger partial charge on any atom is -0.508 e. The van der Waals surface area contributed by atoms with Gasteiger partial charge in [-0.05, 0) is 45.6 Å². The number of aromatic nitrogens is 3. The van der Waals surface area contributed by atoms with E-state index in [4.69, 9.17) is 16.2 Å². The molecule has 1 N–H and O–H groups in total. The second-order valence-electron chi connectivity index (χ2n) is 7.09. The van der Waals surface area contributed by atoms with Crippen LogP contribution in [0.2, 0.25) is 5.02 Å². The van der Waals surface area contributed by atoms with Gasteiger partial charge >= 0.3 is 0 Å². The van der Waals surface area contributed by atoms with Gasteiger partial charge in [0.2, 0.25) is 0 Å². The van der Waals surface area contributed by atoms with Gasteiger partial charge in [-0.15, -0.1) is 0 Å². The van der Waals surface area contributed by atoms with Gasteiger partial charge in [-0.2, -0.15) is 0 Å². The highest BCUT2D eigenvalue weighted by Crippen LogP contribution is 2.35. The van der Waals surface area contributed by atoms with Crippen molar-refractivity contribution in [1.29, 1.82) is 0 Å². The fraction of sp³-hybridized carbons (Fsp3) is 0.300. The summed E-state index contributed by atoms with van der Waals surface area (Å²) < 4.78 is 7.07. The van der Waals surface area contributed by atoms with Crippen LogP contribution in [0.3, 0.4) is 0 Å². The zero-order valence-electron chi connectivity index (χ0n) is 14.9. The van der Waals surface area contributed by atoms with Crippen molar-refractivity contribution in [1.82, 2.24) is 14.9 Å². The molecule has 2 aromatic heterocycles. The van der Waals surface area contributed by atoms with E-state index in [0.717, 1.165) is 28.0 Å². The van der Waals surface area contributed by atoms with Crippen molar-refractivity contribution in [2.24, 2.45) is 0 Å². The maximum atomic E-state index is 10.00. The summed E-state index contributed by atoms with van der Waals surface area (Å²) >= 11 is 6.48. The molecular weight excluding hydrogens is 350 g/mol. The molecule has 0 amide bonds. The summed E-state index contributed by atoms with van der Waals surface area (Å²) in [7, 11) is 0. The Morgan fingerprint density at radius 3 is 2.73 bits per heavy atom. The number of phenolic OH excluding ortho intramolecular Hbond substituents is 1. The van der Waals surface area contributed by atoms with Crippen LogP contribution in [0.25, 0.3) is 21.9 Å². The normalized spacial score (nSPS) is 13.1. The Bertz CT molecular complexity index is 1100. The smallest absolute Gasteiger partial charge is 0.139 e. The van der Waals surface area contributed by atoms with Crippen molar-refractivity contribution in [3.63, 3.8) is 0 Å². The minimum atomic E-state index is 0.103. The standard InChI is InChI=1S/C20H20ClN3O2/c1-11(2)15-10-24(18-6-4-5-16(21)19(15)18)9-12(3)14-7-13(25)8-17-20(14)23-26-22-17/h4-8,10-12,25H,9H2,1-3H3. The SMILES string of the molecule is CC(C)c1cn(CC(C)c2cc(O)cc3nonc23)c2cccc(Cl)c12. The highest BCUT2D eigenvalue weighted by molar-refractivity contribution is 6.35. The van der Waals surface area contributed by atoms with E-state index in [9.17, 15) is 5.11 Å². The van der Waals surface area contributed by atoms with Gasteiger partial charge in [-0.3, -0.25) is 0 Å². The van der Waals surface area contributed by atoms with Crippen LogP contribution in [0.4, 0.5) is 0 Å². The van der Waals surface area contributed by atoms with Gasteiger partial charge < -0.3 is 9.67 Å². The van der Waals surface area contributed by atoms with Crippen LogP contribution in [0.15, 0.2) is 41.2 Å². The summed E-state index contributed by atoms with van der Waals surface area (Å²) in [5.41, 5.74) is 4.52. The first-order valence-corrected chi connectivity index (χ1v) is 9.06.